The van der Waals surface area contributed by atoms with Gasteiger partial charge < -0.3 is 19.9 Å². The third kappa shape index (κ3) is 3.49. The van der Waals surface area contributed by atoms with Crippen LogP contribution < -0.4 is 5.32 Å². The van der Waals surface area contributed by atoms with Gasteiger partial charge in [-0.05, 0) is 30.4 Å². The van der Waals surface area contributed by atoms with E-state index in [1.807, 2.05) is 11.1 Å². The molecule has 0 radical (unpaired) electrons. The maximum atomic E-state index is 12.2. The lowest BCUT2D eigenvalue weighted by atomic mass is 9.87. The van der Waals surface area contributed by atoms with Crippen LogP contribution in [0.2, 0.25) is 0 Å². The van der Waals surface area contributed by atoms with Crippen molar-refractivity contribution in [2.75, 3.05) is 31.6 Å². The number of anilines is 1. The van der Waals surface area contributed by atoms with Crippen LogP contribution in [0.3, 0.4) is 0 Å². The summed E-state index contributed by atoms with van der Waals surface area (Å²) in [6.07, 6.45) is 6.91. The van der Waals surface area contributed by atoms with Crippen molar-refractivity contribution >= 4 is 22.6 Å². The summed E-state index contributed by atoms with van der Waals surface area (Å²) in [5, 5.41) is 14.4. The second-order valence-corrected chi connectivity index (χ2v) is 8.62. The van der Waals surface area contributed by atoms with E-state index in [-0.39, 0.29) is 17.4 Å². The molecule has 2 aliphatic rings. The summed E-state index contributed by atoms with van der Waals surface area (Å²) in [6.45, 7) is 10.6. The number of rotatable bonds is 4. The topological polar surface area (TPSA) is 94.0 Å². The first-order valence-corrected chi connectivity index (χ1v) is 10.1. The van der Waals surface area contributed by atoms with Crippen molar-refractivity contribution in [3.8, 4) is 6.07 Å². The number of likely N-dealkylation sites (tertiary alicyclic amines) is 1. The standard InChI is InChI=1S/C22H27N5O2/c1-4-18(28)27-12-17(22(2,3)13-27)26-20-15(9-23)10-24-21-19(20)16(11-25-21)14-5-7-29-8-6-14/h4,10-11,14,17H,1,5-8,12-13H2,2-3H3,(H2,24,25,26)/t17-/m0/s1. The summed E-state index contributed by atoms with van der Waals surface area (Å²) in [4.78, 5) is 21.7. The number of hydrogen-bond donors (Lipinski definition) is 2. The van der Waals surface area contributed by atoms with Crippen LogP contribution in [0.5, 0.6) is 0 Å². The van der Waals surface area contributed by atoms with Gasteiger partial charge >= 0.3 is 0 Å². The molecule has 1 atom stereocenters. The van der Waals surface area contributed by atoms with Crippen molar-refractivity contribution in [2.45, 2.75) is 38.6 Å². The number of carbonyl (C=O) groups excluding carboxylic acids is 1. The summed E-state index contributed by atoms with van der Waals surface area (Å²) in [5.41, 5.74) is 3.16. The number of amides is 1. The van der Waals surface area contributed by atoms with Crippen LogP contribution in [-0.2, 0) is 9.53 Å². The molecule has 0 spiro atoms. The monoisotopic (exact) mass is 393 g/mol. The summed E-state index contributed by atoms with van der Waals surface area (Å²) < 4.78 is 5.53. The maximum absolute atomic E-state index is 12.2. The van der Waals surface area contributed by atoms with Crippen molar-refractivity contribution < 1.29 is 9.53 Å². The van der Waals surface area contributed by atoms with Crippen LogP contribution in [0.15, 0.2) is 25.0 Å². The Morgan fingerprint density at radius 1 is 1.48 bits per heavy atom. The van der Waals surface area contributed by atoms with Gasteiger partial charge in [0.05, 0.1) is 17.3 Å². The van der Waals surface area contributed by atoms with Crippen LogP contribution in [-0.4, -0.2) is 53.1 Å². The fourth-order valence-electron chi connectivity index (χ4n) is 4.53. The minimum absolute atomic E-state index is 0.0153. The van der Waals surface area contributed by atoms with Crippen molar-refractivity contribution in [1.82, 2.24) is 14.9 Å². The summed E-state index contributed by atoms with van der Waals surface area (Å²) in [5.74, 6) is 0.316. The Labute approximate surface area is 170 Å². The fourth-order valence-corrected chi connectivity index (χ4v) is 4.53. The third-order valence-electron chi connectivity index (χ3n) is 6.26. The lowest BCUT2D eigenvalue weighted by molar-refractivity contribution is -0.125. The van der Waals surface area contributed by atoms with Crippen LogP contribution in [0.4, 0.5) is 5.69 Å². The molecule has 0 unspecified atom stereocenters. The van der Waals surface area contributed by atoms with Gasteiger partial charge in [-0.3, -0.25) is 4.79 Å². The zero-order valence-electron chi connectivity index (χ0n) is 17.0. The van der Waals surface area contributed by atoms with E-state index in [0.29, 0.717) is 24.6 Å². The van der Waals surface area contributed by atoms with Crippen LogP contribution in [0.1, 0.15) is 43.7 Å². The van der Waals surface area contributed by atoms with Crippen molar-refractivity contribution in [2.24, 2.45) is 5.41 Å². The number of nitriles is 1. The lowest BCUT2D eigenvalue weighted by Crippen LogP contribution is -2.35. The summed E-state index contributed by atoms with van der Waals surface area (Å²) in [7, 11) is 0. The summed E-state index contributed by atoms with van der Waals surface area (Å²) in [6, 6.07) is 2.31. The van der Waals surface area contributed by atoms with E-state index in [1.54, 1.807) is 6.20 Å². The smallest absolute Gasteiger partial charge is 0.246 e. The Bertz CT molecular complexity index is 981. The van der Waals surface area contributed by atoms with Crippen molar-refractivity contribution in [1.29, 1.82) is 5.26 Å². The minimum atomic E-state index is -0.143. The molecule has 7 heteroatoms. The van der Waals surface area contributed by atoms with Crippen molar-refractivity contribution in [3.05, 3.63) is 36.2 Å². The molecule has 2 aliphatic heterocycles. The van der Waals surface area contributed by atoms with Crippen LogP contribution in [0.25, 0.3) is 11.0 Å². The molecule has 2 N–H and O–H groups in total. The Hall–Kier alpha value is -2.85. The number of nitrogens with zero attached hydrogens (tertiary/aromatic N) is 3. The van der Waals surface area contributed by atoms with Gasteiger partial charge in [0.2, 0.25) is 5.91 Å². The van der Waals surface area contributed by atoms with Crippen LogP contribution in [0, 0.1) is 16.7 Å². The molecule has 4 heterocycles. The van der Waals surface area contributed by atoms with Gasteiger partial charge in [0, 0.05) is 49.5 Å². The Kier molecular flexibility index (Phi) is 5.05. The molecule has 2 saturated heterocycles. The molecular weight excluding hydrogens is 366 g/mol. The van der Waals surface area contributed by atoms with E-state index in [1.165, 1.54) is 11.6 Å². The number of ether oxygens (including phenoxy) is 1. The molecular formula is C22H27N5O2. The lowest BCUT2D eigenvalue weighted by Gasteiger charge is -2.28. The van der Waals surface area contributed by atoms with E-state index < -0.39 is 0 Å². The zero-order valence-corrected chi connectivity index (χ0v) is 17.0. The molecule has 4 rings (SSSR count). The zero-order chi connectivity index (χ0) is 20.6. The van der Waals surface area contributed by atoms with E-state index in [9.17, 15) is 10.1 Å². The first kappa shape index (κ1) is 19.5. The number of aromatic amines is 1. The molecule has 0 saturated carbocycles. The number of nitrogens with one attached hydrogen (secondary N) is 2. The first-order valence-electron chi connectivity index (χ1n) is 10.1. The second kappa shape index (κ2) is 7.53. The van der Waals surface area contributed by atoms with E-state index in [4.69, 9.17) is 4.74 Å². The quantitative estimate of drug-likeness (QED) is 0.778. The van der Waals surface area contributed by atoms with Gasteiger partial charge in [0.1, 0.15) is 11.7 Å². The number of pyridine rings is 1. The molecule has 0 bridgehead atoms. The number of hydrogen-bond acceptors (Lipinski definition) is 5. The largest absolute Gasteiger partial charge is 0.381 e. The molecule has 0 aliphatic carbocycles. The molecule has 2 aromatic heterocycles. The van der Waals surface area contributed by atoms with Gasteiger partial charge in [-0.1, -0.05) is 20.4 Å². The predicted molar refractivity (Wildman–Crippen MR) is 112 cm³/mol. The Morgan fingerprint density at radius 2 is 2.24 bits per heavy atom. The SMILES string of the molecule is C=CC(=O)N1C[C@H](Nc2c(C#N)cnc3[nH]cc(C4CCOCC4)c23)C(C)(C)C1. The van der Waals surface area contributed by atoms with Gasteiger partial charge in [0.15, 0.2) is 0 Å². The molecule has 2 aromatic rings. The number of aromatic nitrogens is 2. The molecule has 7 nitrogen and oxygen atoms in total. The Balaban J connectivity index is 1.74. The van der Waals surface area contributed by atoms with Gasteiger partial charge in [-0.25, -0.2) is 4.98 Å². The predicted octanol–water partition coefficient (Wildman–Crippen LogP) is 3.16. The molecule has 1 amide bonds. The van der Waals surface area contributed by atoms with Crippen molar-refractivity contribution in [3.63, 3.8) is 0 Å². The van der Waals surface area contributed by atoms with E-state index in [2.05, 4.69) is 41.8 Å². The highest BCUT2D eigenvalue weighted by atomic mass is 16.5. The van der Waals surface area contributed by atoms with E-state index in [0.717, 1.165) is 42.8 Å². The normalized spacial score (nSPS) is 21.8. The van der Waals surface area contributed by atoms with Crippen LogP contribution >= 0.6 is 0 Å². The Morgan fingerprint density at radius 3 is 2.93 bits per heavy atom. The first-order chi connectivity index (χ1) is 13.9. The van der Waals surface area contributed by atoms with E-state index >= 15 is 0 Å². The molecule has 29 heavy (non-hydrogen) atoms. The average molecular weight is 393 g/mol. The highest BCUT2D eigenvalue weighted by Gasteiger charge is 2.41. The highest BCUT2D eigenvalue weighted by Crippen LogP contribution is 2.39. The molecule has 2 fully saturated rings. The second-order valence-electron chi connectivity index (χ2n) is 8.62. The third-order valence-corrected chi connectivity index (χ3v) is 6.26. The highest BCUT2D eigenvalue weighted by molar-refractivity contribution is 5.96. The molecule has 152 valence electrons. The van der Waals surface area contributed by atoms with Gasteiger partial charge in [0.25, 0.3) is 0 Å². The number of H-pyrrole nitrogens is 1. The molecule has 0 aromatic carbocycles. The fraction of sp³-hybridized carbons (Fsp3) is 0.500. The van der Waals surface area contributed by atoms with Gasteiger partial charge in [-0.15, -0.1) is 0 Å². The summed E-state index contributed by atoms with van der Waals surface area (Å²) >= 11 is 0. The van der Waals surface area contributed by atoms with Gasteiger partial charge in [-0.2, -0.15) is 5.26 Å². The average Bonchev–Trinajstić information content (AvgIpc) is 3.29. The maximum Gasteiger partial charge on any atom is 0.246 e. The minimum Gasteiger partial charge on any atom is -0.381 e. The number of carbonyl (C=O) groups is 1. The number of fused-ring (bicyclic) bond motifs is 1.